The third-order valence-electron chi connectivity index (χ3n) is 6.73. The molecule has 3 rings (SSSR count). The number of hydrogen-bond donors (Lipinski definition) is 1. The van der Waals surface area contributed by atoms with Crippen LogP contribution in [0.1, 0.15) is 64.9 Å². The summed E-state index contributed by atoms with van der Waals surface area (Å²) < 4.78 is 21.3. The summed E-state index contributed by atoms with van der Waals surface area (Å²) in [7, 11) is 1.25. The monoisotopic (exact) mass is 614 g/mol. The number of piperazine rings is 1. The van der Waals surface area contributed by atoms with Crippen molar-refractivity contribution in [2.45, 2.75) is 71.6 Å². The summed E-state index contributed by atoms with van der Waals surface area (Å²) in [4.78, 5) is 71.7. The number of pyridine rings is 1. The van der Waals surface area contributed by atoms with Gasteiger partial charge in [-0.3, -0.25) is 14.4 Å². The van der Waals surface area contributed by atoms with Gasteiger partial charge in [-0.05, 0) is 60.1 Å². The van der Waals surface area contributed by atoms with Crippen LogP contribution >= 0.6 is 0 Å². The van der Waals surface area contributed by atoms with Gasteiger partial charge in [0.15, 0.2) is 5.60 Å². The van der Waals surface area contributed by atoms with Crippen LogP contribution in [0.3, 0.4) is 0 Å². The summed E-state index contributed by atoms with van der Waals surface area (Å²) in [6.45, 7) is 11.3. The lowest BCUT2D eigenvalue weighted by atomic mass is 10.1. The Hall–Kier alpha value is -4.42. The van der Waals surface area contributed by atoms with Crippen LogP contribution in [0.15, 0.2) is 30.3 Å². The third-order valence-corrected chi connectivity index (χ3v) is 6.73. The fourth-order valence-corrected chi connectivity index (χ4v) is 4.60. The molecule has 44 heavy (non-hydrogen) atoms. The van der Waals surface area contributed by atoms with E-state index in [9.17, 15) is 24.0 Å². The second-order valence-corrected chi connectivity index (χ2v) is 11.8. The summed E-state index contributed by atoms with van der Waals surface area (Å²) >= 11 is 0. The third kappa shape index (κ3) is 9.04. The van der Waals surface area contributed by atoms with Crippen molar-refractivity contribution in [3.05, 3.63) is 36.0 Å². The van der Waals surface area contributed by atoms with Crippen molar-refractivity contribution < 1.29 is 42.9 Å². The van der Waals surface area contributed by atoms with Gasteiger partial charge >= 0.3 is 18.0 Å². The molecule has 1 saturated heterocycles. The number of carbonyl (C=O) groups is 5. The minimum atomic E-state index is -1.37. The van der Waals surface area contributed by atoms with Crippen molar-refractivity contribution >= 4 is 40.7 Å². The van der Waals surface area contributed by atoms with Crippen molar-refractivity contribution in [3.8, 4) is 5.75 Å². The van der Waals surface area contributed by atoms with E-state index >= 15 is 0 Å². The molecule has 1 fully saturated rings. The Kier molecular flexibility index (Phi) is 11.1. The minimum absolute atomic E-state index is 0.0239. The Morgan fingerprint density at radius 3 is 2.23 bits per heavy atom. The first-order chi connectivity index (χ1) is 20.6. The maximum atomic E-state index is 13.7. The van der Waals surface area contributed by atoms with E-state index in [4.69, 9.17) is 18.9 Å². The normalized spacial score (nSPS) is 14.4. The number of esters is 2. The zero-order valence-electron chi connectivity index (χ0n) is 26.4. The molecule has 2 heterocycles. The highest BCUT2D eigenvalue weighted by molar-refractivity contribution is 5.99. The van der Waals surface area contributed by atoms with Crippen molar-refractivity contribution in [1.29, 1.82) is 0 Å². The van der Waals surface area contributed by atoms with Gasteiger partial charge in [0, 0.05) is 44.1 Å². The fourth-order valence-electron chi connectivity index (χ4n) is 4.60. The number of para-hydroxylation sites is 1. The molecule has 1 aromatic carbocycles. The van der Waals surface area contributed by atoms with E-state index in [1.54, 1.807) is 65.8 Å². The largest absolute Gasteiger partial charge is 0.475 e. The molecule has 1 atom stereocenters. The van der Waals surface area contributed by atoms with E-state index in [0.717, 1.165) is 0 Å². The molecule has 1 aromatic heterocycles. The first-order valence-electron chi connectivity index (χ1n) is 14.6. The second kappa shape index (κ2) is 14.4. The summed E-state index contributed by atoms with van der Waals surface area (Å²) in [6, 6.07) is 7.27. The van der Waals surface area contributed by atoms with Crippen LogP contribution in [-0.4, -0.2) is 102 Å². The van der Waals surface area contributed by atoms with E-state index in [1.807, 2.05) is 0 Å². The predicted molar refractivity (Wildman–Crippen MR) is 160 cm³/mol. The molecule has 2 aromatic rings. The van der Waals surface area contributed by atoms with Crippen LogP contribution in [0.4, 0.5) is 4.79 Å². The molecule has 0 saturated carbocycles. The number of nitrogens with one attached hydrogen (secondary N) is 1. The average Bonchev–Trinajstić information content (AvgIpc) is 2.97. The van der Waals surface area contributed by atoms with E-state index in [-0.39, 0.29) is 57.1 Å². The lowest BCUT2D eigenvalue weighted by molar-refractivity contribution is -0.156. The SMILES string of the molecule is CCOC(=O)N1CCN(C(=O)C(CCC(=O)OC(C)(C)C)NC(=O)c2cc(OC(C)(C)C(=O)OC)c3ccccc3n2)CC1. The van der Waals surface area contributed by atoms with Gasteiger partial charge in [0.1, 0.15) is 23.1 Å². The number of nitrogens with zero attached hydrogens (tertiary/aromatic N) is 3. The van der Waals surface area contributed by atoms with E-state index < -0.39 is 47.1 Å². The van der Waals surface area contributed by atoms with Crippen LogP contribution in [0.2, 0.25) is 0 Å². The standard InChI is InChI=1S/C31H42N4O9/c1-8-42-29(40)35-17-15-34(16-18-35)27(38)22(13-14-25(36)44-30(2,3)4)33-26(37)23-19-24(43-31(5,6)28(39)41-7)20-11-9-10-12-21(20)32-23/h9-12,19,22H,8,13-18H2,1-7H3,(H,33,37). The smallest absolute Gasteiger partial charge is 0.409 e. The van der Waals surface area contributed by atoms with Gasteiger partial charge in [0.05, 0.1) is 19.2 Å². The van der Waals surface area contributed by atoms with Gasteiger partial charge in [-0.2, -0.15) is 0 Å². The molecule has 13 nitrogen and oxygen atoms in total. The molecule has 240 valence electrons. The molecule has 0 radical (unpaired) electrons. The summed E-state index contributed by atoms with van der Waals surface area (Å²) in [5, 5.41) is 3.31. The molecule has 0 bridgehead atoms. The first kappa shape index (κ1) is 34.1. The van der Waals surface area contributed by atoms with Crippen molar-refractivity contribution in [3.63, 3.8) is 0 Å². The minimum Gasteiger partial charge on any atom is -0.475 e. The number of methoxy groups -OCH3 is 1. The van der Waals surface area contributed by atoms with Crippen molar-refractivity contribution in [2.24, 2.45) is 0 Å². The number of amides is 3. The number of aromatic nitrogens is 1. The van der Waals surface area contributed by atoms with Crippen LogP contribution < -0.4 is 10.1 Å². The van der Waals surface area contributed by atoms with Gasteiger partial charge < -0.3 is 34.1 Å². The number of rotatable bonds is 10. The molecular formula is C31H42N4O9. The number of hydrogen-bond acceptors (Lipinski definition) is 10. The number of benzene rings is 1. The molecule has 13 heteroatoms. The van der Waals surface area contributed by atoms with E-state index in [2.05, 4.69) is 10.3 Å². The van der Waals surface area contributed by atoms with Gasteiger partial charge in [-0.25, -0.2) is 14.6 Å². The molecule has 1 N–H and O–H groups in total. The van der Waals surface area contributed by atoms with Crippen LogP contribution in [0.5, 0.6) is 5.75 Å². The van der Waals surface area contributed by atoms with Crippen LogP contribution in [-0.2, 0) is 28.6 Å². The maximum absolute atomic E-state index is 13.7. The van der Waals surface area contributed by atoms with Crippen LogP contribution in [0, 0.1) is 0 Å². The quantitative estimate of drug-likeness (QED) is 0.312. The average molecular weight is 615 g/mol. The fraction of sp³-hybridized carbons (Fsp3) is 0.548. The lowest BCUT2D eigenvalue weighted by Gasteiger charge is -2.36. The van der Waals surface area contributed by atoms with Crippen molar-refractivity contribution in [1.82, 2.24) is 20.1 Å². The predicted octanol–water partition coefficient (Wildman–Crippen LogP) is 3.09. The Morgan fingerprint density at radius 1 is 0.977 bits per heavy atom. The maximum Gasteiger partial charge on any atom is 0.409 e. The Balaban J connectivity index is 1.86. The number of carbonyl (C=O) groups excluding carboxylic acids is 5. The van der Waals surface area contributed by atoms with Gasteiger partial charge in [-0.15, -0.1) is 0 Å². The van der Waals surface area contributed by atoms with E-state index in [0.29, 0.717) is 10.9 Å². The second-order valence-electron chi connectivity index (χ2n) is 11.8. The Bertz CT molecular complexity index is 1380. The highest BCUT2D eigenvalue weighted by Crippen LogP contribution is 2.29. The molecule has 3 amide bonds. The topological polar surface area (TPSA) is 154 Å². The van der Waals surface area contributed by atoms with Crippen molar-refractivity contribution in [2.75, 3.05) is 39.9 Å². The zero-order valence-corrected chi connectivity index (χ0v) is 26.4. The molecular weight excluding hydrogens is 572 g/mol. The number of ether oxygens (including phenoxy) is 4. The van der Waals surface area contributed by atoms with E-state index in [1.165, 1.54) is 23.0 Å². The lowest BCUT2D eigenvalue weighted by Crippen LogP contribution is -2.56. The summed E-state index contributed by atoms with van der Waals surface area (Å²) in [5.41, 5.74) is -1.71. The highest BCUT2D eigenvalue weighted by atomic mass is 16.6. The van der Waals surface area contributed by atoms with Gasteiger partial charge in [-0.1, -0.05) is 12.1 Å². The Labute approximate surface area is 257 Å². The van der Waals surface area contributed by atoms with Gasteiger partial charge in [0.25, 0.3) is 5.91 Å². The van der Waals surface area contributed by atoms with Crippen LogP contribution in [0.25, 0.3) is 10.9 Å². The molecule has 0 aliphatic carbocycles. The first-order valence-corrected chi connectivity index (χ1v) is 14.6. The molecule has 0 spiro atoms. The zero-order chi connectivity index (χ0) is 32.7. The molecule has 1 aliphatic heterocycles. The summed E-state index contributed by atoms with van der Waals surface area (Å²) in [6.07, 6.45) is -0.599. The highest BCUT2D eigenvalue weighted by Gasteiger charge is 2.34. The summed E-state index contributed by atoms with van der Waals surface area (Å²) in [5.74, 6) is -1.98. The molecule has 1 aliphatic rings. The van der Waals surface area contributed by atoms with Gasteiger partial charge in [0.2, 0.25) is 5.91 Å². The number of fused-ring (bicyclic) bond motifs is 1. The Morgan fingerprint density at radius 2 is 1.61 bits per heavy atom. The molecule has 1 unspecified atom stereocenters.